The molecule has 1 heterocycles. The maximum absolute atomic E-state index is 11.8. The minimum absolute atomic E-state index is 0.00820. The highest BCUT2D eigenvalue weighted by molar-refractivity contribution is 6.35. The molecule has 1 atom stereocenters. The Morgan fingerprint density at radius 3 is 2.88 bits per heavy atom. The van der Waals surface area contributed by atoms with Crippen molar-refractivity contribution in [3.63, 3.8) is 0 Å². The van der Waals surface area contributed by atoms with Crippen LogP contribution >= 0.6 is 0 Å². The fraction of sp³-hybridized carbons (Fsp3) is 0.727. The molecule has 1 aliphatic heterocycles. The number of likely N-dealkylation sites (tertiary alicyclic amines) is 1. The summed E-state index contributed by atoms with van der Waals surface area (Å²) in [6.45, 7) is 0.390. The van der Waals surface area contributed by atoms with E-state index >= 15 is 0 Å². The SMILES string of the molecule is N#CCNC(=O)C(=O)N1CCCCC1CCO. The van der Waals surface area contributed by atoms with E-state index in [1.165, 1.54) is 4.90 Å². The van der Waals surface area contributed by atoms with Crippen molar-refractivity contribution in [2.45, 2.75) is 31.7 Å². The summed E-state index contributed by atoms with van der Waals surface area (Å²) in [7, 11) is 0. The maximum atomic E-state index is 11.8. The highest BCUT2D eigenvalue weighted by Gasteiger charge is 2.29. The van der Waals surface area contributed by atoms with Crippen LogP contribution in [0.25, 0.3) is 0 Å². The lowest BCUT2D eigenvalue weighted by molar-refractivity contribution is -0.148. The largest absolute Gasteiger partial charge is 0.396 e. The molecule has 1 aliphatic rings. The van der Waals surface area contributed by atoms with Gasteiger partial charge in [0, 0.05) is 19.2 Å². The number of carbonyl (C=O) groups excluding carboxylic acids is 2. The number of hydrogen-bond acceptors (Lipinski definition) is 4. The molecular formula is C11H17N3O3. The molecule has 17 heavy (non-hydrogen) atoms. The zero-order valence-electron chi connectivity index (χ0n) is 9.69. The van der Waals surface area contributed by atoms with Crippen LogP contribution < -0.4 is 5.32 Å². The Kier molecular flexibility index (Phi) is 5.43. The van der Waals surface area contributed by atoms with Gasteiger partial charge < -0.3 is 15.3 Å². The smallest absolute Gasteiger partial charge is 0.312 e. The lowest BCUT2D eigenvalue weighted by Gasteiger charge is -2.34. The Morgan fingerprint density at radius 1 is 1.47 bits per heavy atom. The number of nitrogens with one attached hydrogen (secondary N) is 1. The second-order valence-corrected chi connectivity index (χ2v) is 4.00. The molecule has 1 fully saturated rings. The maximum Gasteiger partial charge on any atom is 0.312 e. The van der Waals surface area contributed by atoms with Crippen LogP contribution in [0.5, 0.6) is 0 Å². The van der Waals surface area contributed by atoms with Crippen molar-refractivity contribution in [3.05, 3.63) is 0 Å². The second-order valence-electron chi connectivity index (χ2n) is 4.00. The molecule has 0 aromatic carbocycles. The van der Waals surface area contributed by atoms with Gasteiger partial charge in [-0.25, -0.2) is 0 Å². The average molecular weight is 239 g/mol. The molecule has 1 rings (SSSR count). The van der Waals surface area contributed by atoms with Gasteiger partial charge in [0.25, 0.3) is 0 Å². The molecule has 2 N–H and O–H groups in total. The van der Waals surface area contributed by atoms with E-state index in [-0.39, 0.29) is 19.2 Å². The number of nitrogens with zero attached hydrogens (tertiary/aromatic N) is 2. The van der Waals surface area contributed by atoms with Crippen molar-refractivity contribution in [1.82, 2.24) is 10.2 Å². The van der Waals surface area contributed by atoms with Gasteiger partial charge in [-0.3, -0.25) is 9.59 Å². The van der Waals surface area contributed by atoms with Crippen LogP contribution in [-0.4, -0.2) is 47.6 Å². The molecular weight excluding hydrogens is 222 g/mol. The van der Waals surface area contributed by atoms with Crippen LogP contribution in [0.3, 0.4) is 0 Å². The minimum atomic E-state index is -0.739. The zero-order chi connectivity index (χ0) is 12.7. The number of amides is 2. The van der Waals surface area contributed by atoms with E-state index in [2.05, 4.69) is 5.32 Å². The molecule has 0 aromatic heterocycles. The van der Waals surface area contributed by atoms with Crippen LogP contribution in [0.1, 0.15) is 25.7 Å². The molecule has 2 amide bonds. The summed E-state index contributed by atoms with van der Waals surface area (Å²) in [6, 6.07) is 1.69. The van der Waals surface area contributed by atoms with Crippen LogP contribution in [0.15, 0.2) is 0 Å². The summed E-state index contributed by atoms with van der Waals surface area (Å²) < 4.78 is 0. The Hall–Kier alpha value is -1.61. The van der Waals surface area contributed by atoms with E-state index < -0.39 is 11.8 Å². The van der Waals surface area contributed by atoms with Gasteiger partial charge in [-0.05, 0) is 25.7 Å². The summed E-state index contributed by atoms with van der Waals surface area (Å²) in [6.07, 6.45) is 3.20. The predicted octanol–water partition coefficient (Wildman–Crippen LogP) is -0.610. The third-order valence-electron chi connectivity index (χ3n) is 2.87. The lowest BCUT2D eigenvalue weighted by atomic mass is 9.99. The molecule has 94 valence electrons. The first-order valence-corrected chi connectivity index (χ1v) is 5.77. The first kappa shape index (κ1) is 13.5. The minimum Gasteiger partial charge on any atom is -0.396 e. The average Bonchev–Trinajstić information content (AvgIpc) is 2.36. The molecule has 1 unspecified atom stereocenters. The molecule has 0 bridgehead atoms. The van der Waals surface area contributed by atoms with E-state index in [0.717, 1.165) is 19.3 Å². The number of aliphatic hydroxyl groups excluding tert-OH is 1. The summed E-state index contributed by atoms with van der Waals surface area (Å²) in [4.78, 5) is 24.8. The van der Waals surface area contributed by atoms with Crippen molar-refractivity contribution < 1.29 is 14.7 Å². The van der Waals surface area contributed by atoms with Gasteiger partial charge >= 0.3 is 11.8 Å². The molecule has 0 saturated carbocycles. The van der Waals surface area contributed by atoms with Crippen molar-refractivity contribution in [2.24, 2.45) is 0 Å². The van der Waals surface area contributed by atoms with Gasteiger partial charge in [-0.15, -0.1) is 0 Å². The van der Waals surface area contributed by atoms with E-state index in [1.807, 2.05) is 0 Å². The summed E-state index contributed by atoms with van der Waals surface area (Å²) >= 11 is 0. The van der Waals surface area contributed by atoms with Gasteiger partial charge in [-0.2, -0.15) is 5.26 Å². The van der Waals surface area contributed by atoms with Crippen LogP contribution in [-0.2, 0) is 9.59 Å². The first-order valence-electron chi connectivity index (χ1n) is 5.77. The summed E-state index contributed by atoms with van der Waals surface area (Å²) in [5.41, 5.74) is 0. The third-order valence-corrected chi connectivity index (χ3v) is 2.87. The van der Waals surface area contributed by atoms with Crippen LogP contribution in [0.2, 0.25) is 0 Å². The Morgan fingerprint density at radius 2 is 2.24 bits per heavy atom. The van der Waals surface area contributed by atoms with Gasteiger partial charge in [-0.1, -0.05) is 0 Å². The van der Waals surface area contributed by atoms with Gasteiger partial charge in [0.15, 0.2) is 0 Å². The molecule has 0 aliphatic carbocycles. The summed E-state index contributed by atoms with van der Waals surface area (Å²) in [5, 5.41) is 19.5. The Bertz CT molecular complexity index is 322. The molecule has 0 aromatic rings. The topological polar surface area (TPSA) is 93.4 Å². The normalized spacial score (nSPS) is 19.5. The van der Waals surface area contributed by atoms with E-state index in [1.54, 1.807) is 6.07 Å². The van der Waals surface area contributed by atoms with Crippen molar-refractivity contribution in [2.75, 3.05) is 19.7 Å². The predicted molar refractivity (Wildman–Crippen MR) is 59.7 cm³/mol. The fourth-order valence-corrected chi connectivity index (χ4v) is 2.04. The molecule has 6 heteroatoms. The standard InChI is InChI=1S/C11H17N3O3/c12-5-6-13-10(16)11(17)14-7-2-1-3-9(14)4-8-15/h9,15H,1-4,6-8H2,(H,13,16). The van der Waals surface area contributed by atoms with E-state index in [4.69, 9.17) is 10.4 Å². The van der Waals surface area contributed by atoms with E-state index in [9.17, 15) is 9.59 Å². The highest BCUT2D eigenvalue weighted by Crippen LogP contribution is 2.19. The lowest BCUT2D eigenvalue weighted by Crippen LogP contribution is -2.50. The quantitative estimate of drug-likeness (QED) is 0.507. The molecule has 0 spiro atoms. The van der Waals surface area contributed by atoms with Gasteiger partial charge in [0.05, 0.1) is 6.07 Å². The number of rotatable bonds is 3. The third kappa shape index (κ3) is 3.71. The van der Waals surface area contributed by atoms with Crippen LogP contribution in [0, 0.1) is 11.3 Å². The van der Waals surface area contributed by atoms with Crippen LogP contribution in [0.4, 0.5) is 0 Å². The van der Waals surface area contributed by atoms with Gasteiger partial charge in [0.2, 0.25) is 0 Å². The number of hydrogen-bond donors (Lipinski definition) is 2. The zero-order valence-corrected chi connectivity index (χ0v) is 9.69. The van der Waals surface area contributed by atoms with E-state index in [0.29, 0.717) is 13.0 Å². The molecule has 1 saturated heterocycles. The molecule has 0 radical (unpaired) electrons. The number of piperidine rings is 1. The second kappa shape index (κ2) is 6.86. The monoisotopic (exact) mass is 239 g/mol. The Balaban J connectivity index is 2.58. The summed E-state index contributed by atoms with van der Waals surface area (Å²) in [5.74, 6) is -1.34. The fourth-order valence-electron chi connectivity index (χ4n) is 2.04. The van der Waals surface area contributed by atoms with Gasteiger partial charge in [0.1, 0.15) is 6.54 Å². The van der Waals surface area contributed by atoms with Crippen molar-refractivity contribution in [3.8, 4) is 6.07 Å². The van der Waals surface area contributed by atoms with Crippen molar-refractivity contribution in [1.29, 1.82) is 5.26 Å². The van der Waals surface area contributed by atoms with Crippen molar-refractivity contribution >= 4 is 11.8 Å². The number of aliphatic hydroxyl groups is 1. The Labute approximate surface area is 100 Å². The molecule has 6 nitrogen and oxygen atoms in total. The number of carbonyl (C=O) groups is 2. The highest BCUT2D eigenvalue weighted by atomic mass is 16.3. The first-order chi connectivity index (χ1) is 8.20. The number of nitriles is 1.